The number of primary amides is 1. The maximum atomic E-state index is 12.8. The molecule has 7 nitrogen and oxygen atoms in total. The van der Waals surface area contributed by atoms with Gasteiger partial charge in [-0.2, -0.15) is 0 Å². The highest BCUT2D eigenvalue weighted by Crippen LogP contribution is 2.28. The van der Waals surface area contributed by atoms with Crippen molar-refractivity contribution in [2.45, 2.75) is 18.9 Å². The smallest absolute Gasteiger partial charge is 0.264 e. The molecule has 1 aliphatic rings. The number of thiophene rings is 1. The molecule has 1 aromatic carbocycles. The van der Waals surface area contributed by atoms with Crippen molar-refractivity contribution in [2.75, 3.05) is 11.9 Å². The second-order valence-corrected chi connectivity index (χ2v) is 8.14. The van der Waals surface area contributed by atoms with Crippen LogP contribution in [0.5, 0.6) is 0 Å². The molecular weight excluding hydrogens is 384 g/mol. The zero-order valence-electron chi connectivity index (χ0n) is 14.2. The molecule has 3 aromatic rings. The number of nitrogens with two attached hydrogens (primary N) is 1. The minimum Gasteiger partial charge on any atom is -0.366 e. The zero-order valence-corrected chi connectivity index (χ0v) is 15.8. The second kappa shape index (κ2) is 7.09. The summed E-state index contributed by atoms with van der Waals surface area (Å²) in [5.74, 6) is -1.07. The summed E-state index contributed by atoms with van der Waals surface area (Å²) in [6.07, 6.45) is 1.34. The van der Waals surface area contributed by atoms with Crippen LogP contribution >= 0.6 is 22.7 Å². The molecule has 3 amide bonds. The van der Waals surface area contributed by atoms with E-state index in [9.17, 15) is 14.4 Å². The molecule has 0 spiro atoms. The SMILES string of the molecule is NC(=O)c1csc(C(=O)N2CCCC2C(=O)Nc2nc3ccccc3s2)c1. The van der Waals surface area contributed by atoms with Gasteiger partial charge in [0.1, 0.15) is 6.04 Å². The number of nitrogens with zero attached hydrogens (tertiary/aromatic N) is 2. The van der Waals surface area contributed by atoms with Crippen molar-refractivity contribution in [1.82, 2.24) is 9.88 Å². The van der Waals surface area contributed by atoms with E-state index in [-0.39, 0.29) is 11.8 Å². The fourth-order valence-corrected chi connectivity index (χ4v) is 4.84. The number of thiazole rings is 1. The van der Waals surface area contributed by atoms with Crippen LogP contribution in [0.25, 0.3) is 10.2 Å². The van der Waals surface area contributed by atoms with Gasteiger partial charge in [0, 0.05) is 11.9 Å². The average Bonchev–Trinajstić information content (AvgIpc) is 3.38. The molecule has 1 fully saturated rings. The summed E-state index contributed by atoms with van der Waals surface area (Å²) < 4.78 is 0.990. The third kappa shape index (κ3) is 3.43. The van der Waals surface area contributed by atoms with Gasteiger partial charge in [-0.25, -0.2) is 4.98 Å². The third-order valence-electron chi connectivity index (χ3n) is 4.44. The first-order chi connectivity index (χ1) is 13.0. The van der Waals surface area contributed by atoms with Gasteiger partial charge >= 0.3 is 0 Å². The summed E-state index contributed by atoms with van der Waals surface area (Å²) in [5.41, 5.74) is 6.38. The average molecular weight is 400 g/mol. The minimum absolute atomic E-state index is 0.244. The van der Waals surface area contributed by atoms with Crippen molar-refractivity contribution in [2.24, 2.45) is 5.73 Å². The van der Waals surface area contributed by atoms with E-state index in [1.807, 2.05) is 24.3 Å². The predicted octanol–water partition coefficient (Wildman–Crippen LogP) is 2.70. The number of anilines is 1. The normalized spacial score (nSPS) is 16.6. The Kier molecular flexibility index (Phi) is 4.63. The standard InChI is InChI=1S/C18H16N4O3S2/c19-15(23)10-8-14(26-9-10)17(25)22-7-3-5-12(22)16(24)21-18-20-11-4-1-2-6-13(11)27-18/h1-2,4,6,8-9,12H,3,5,7H2,(H2,19,23)(H,20,21,24). The van der Waals surface area contributed by atoms with Crippen molar-refractivity contribution in [3.05, 3.63) is 46.2 Å². The second-order valence-electron chi connectivity index (χ2n) is 6.20. The Morgan fingerprint density at radius 1 is 1.26 bits per heavy atom. The Hall–Kier alpha value is -2.78. The quantitative estimate of drug-likeness (QED) is 0.702. The van der Waals surface area contributed by atoms with Crippen molar-refractivity contribution in [3.8, 4) is 0 Å². The van der Waals surface area contributed by atoms with Gasteiger partial charge in [-0.3, -0.25) is 14.4 Å². The Balaban J connectivity index is 1.50. The highest BCUT2D eigenvalue weighted by molar-refractivity contribution is 7.22. The van der Waals surface area contributed by atoms with E-state index in [0.29, 0.717) is 28.5 Å². The van der Waals surface area contributed by atoms with Crippen LogP contribution in [0, 0.1) is 0 Å². The largest absolute Gasteiger partial charge is 0.366 e. The molecule has 3 heterocycles. The van der Waals surface area contributed by atoms with E-state index >= 15 is 0 Å². The summed E-state index contributed by atoms with van der Waals surface area (Å²) in [6, 6.07) is 8.58. The molecule has 9 heteroatoms. The first-order valence-corrected chi connectivity index (χ1v) is 10.1. The fourth-order valence-electron chi connectivity index (χ4n) is 3.12. The number of rotatable bonds is 4. The Morgan fingerprint density at radius 2 is 2.07 bits per heavy atom. The summed E-state index contributed by atoms with van der Waals surface area (Å²) in [5, 5.41) is 4.92. The molecule has 1 unspecified atom stereocenters. The number of hydrogen-bond donors (Lipinski definition) is 2. The predicted molar refractivity (Wildman–Crippen MR) is 105 cm³/mol. The van der Waals surface area contributed by atoms with Crippen LogP contribution in [0.15, 0.2) is 35.7 Å². The van der Waals surface area contributed by atoms with Gasteiger partial charge in [0.05, 0.1) is 20.7 Å². The van der Waals surface area contributed by atoms with Crippen molar-refractivity contribution in [3.63, 3.8) is 0 Å². The molecule has 2 aromatic heterocycles. The number of amides is 3. The fraction of sp³-hybridized carbons (Fsp3) is 0.222. The van der Waals surface area contributed by atoms with Crippen molar-refractivity contribution >= 4 is 55.7 Å². The van der Waals surface area contributed by atoms with Gasteiger partial charge in [-0.05, 0) is 31.0 Å². The van der Waals surface area contributed by atoms with E-state index in [1.165, 1.54) is 17.4 Å². The summed E-state index contributed by atoms with van der Waals surface area (Å²) in [7, 11) is 0. The molecule has 0 aliphatic carbocycles. The van der Waals surface area contributed by atoms with Gasteiger partial charge in [0.25, 0.3) is 5.91 Å². The number of para-hydroxylation sites is 1. The number of carbonyl (C=O) groups excluding carboxylic acids is 3. The maximum Gasteiger partial charge on any atom is 0.264 e. The molecule has 4 rings (SSSR count). The summed E-state index contributed by atoms with van der Waals surface area (Å²) in [4.78, 5) is 43.1. The van der Waals surface area contributed by atoms with Crippen molar-refractivity contribution < 1.29 is 14.4 Å². The van der Waals surface area contributed by atoms with E-state index in [0.717, 1.165) is 28.0 Å². The van der Waals surface area contributed by atoms with Crippen molar-refractivity contribution in [1.29, 1.82) is 0 Å². The summed E-state index contributed by atoms with van der Waals surface area (Å²) in [6.45, 7) is 0.501. The van der Waals surface area contributed by atoms with Crippen LogP contribution in [-0.2, 0) is 4.79 Å². The Labute approximate surface area is 162 Å². The van der Waals surface area contributed by atoms with Crippen LogP contribution in [0.2, 0.25) is 0 Å². The monoisotopic (exact) mass is 400 g/mol. The van der Waals surface area contributed by atoms with Gasteiger partial charge < -0.3 is 16.0 Å². The highest BCUT2D eigenvalue weighted by Gasteiger charge is 2.35. The van der Waals surface area contributed by atoms with Crippen LogP contribution in [0.3, 0.4) is 0 Å². The van der Waals surface area contributed by atoms with Gasteiger partial charge in [-0.15, -0.1) is 11.3 Å². The van der Waals surface area contributed by atoms with Crippen LogP contribution < -0.4 is 11.1 Å². The lowest BCUT2D eigenvalue weighted by atomic mass is 10.2. The molecular formula is C18H16N4O3S2. The topological polar surface area (TPSA) is 105 Å². The number of carbonyl (C=O) groups is 3. The van der Waals surface area contributed by atoms with Gasteiger partial charge in [0.15, 0.2) is 5.13 Å². The lowest BCUT2D eigenvalue weighted by Crippen LogP contribution is -2.42. The number of aromatic nitrogens is 1. The van der Waals surface area contributed by atoms with E-state index < -0.39 is 11.9 Å². The number of nitrogens with one attached hydrogen (secondary N) is 1. The first kappa shape index (κ1) is 17.6. The maximum absolute atomic E-state index is 12.8. The van der Waals surface area contributed by atoms with E-state index in [4.69, 9.17) is 5.73 Å². The zero-order chi connectivity index (χ0) is 19.0. The highest BCUT2D eigenvalue weighted by atomic mass is 32.1. The molecule has 138 valence electrons. The van der Waals surface area contributed by atoms with Gasteiger partial charge in [-0.1, -0.05) is 23.5 Å². The van der Waals surface area contributed by atoms with E-state index in [2.05, 4.69) is 10.3 Å². The van der Waals surface area contributed by atoms with Gasteiger partial charge in [0.2, 0.25) is 11.8 Å². The number of benzene rings is 1. The minimum atomic E-state index is -0.572. The third-order valence-corrected chi connectivity index (χ3v) is 6.31. The molecule has 0 bridgehead atoms. The van der Waals surface area contributed by atoms with Crippen LogP contribution in [0.1, 0.15) is 32.9 Å². The molecule has 3 N–H and O–H groups in total. The molecule has 1 saturated heterocycles. The Bertz CT molecular complexity index is 1010. The summed E-state index contributed by atoms with van der Waals surface area (Å²) >= 11 is 2.56. The lowest BCUT2D eigenvalue weighted by Gasteiger charge is -2.22. The number of likely N-dealkylation sites (tertiary alicyclic amines) is 1. The van der Waals surface area contributed by atoms with E-state index in [1.54, 1.807) is 10.3 Å². The number of fused-ring (bicyclic) bond motifs is 1. The first-order valence-electron chi connectivity index (χ1n) is 8.38. The van der Waals surface area contributed by atoms with Crippen LogP contribution in [-0.4, -0.2) is 40.2 Å². The van der Waals surface area contributed by atoms with Crippen LogP contribution in [0.4, 0.5) is 5.13 Å². The molecule has 0 saturated carbocycles. The molecule has 1 aliphatic heterocycles. The number of hydrogen-bond acceptors (Lipinski definition) is 6. The molecule has 1 atom stereocenters. The Morgan fingerprint density at radius 3 is 2.81 bits per heavy atom. The molecule has 0 radical (unpaired) electrons. The molecule has 27 heavy (non-hydrogen) atoms. The lowest BCUT2D eigenvalue weighted by molar-refractivity contribution is -0.119.